The zero-order valence-corrected chi connectivity index (χ0v) is 9.02. The lowest BCUT2D eigenvalue weighted by Gasteiger charge is -2.07. The average molecular weight is 229 g/mol. The Bertz CT molecular complexity index is 390. The summed E-state index contributed by atoms with van der Waals surface area (Å²) < 4.78 is 4.03. The zero-order valence-electron chi connectivity index (χ0n) is 7.39. The molecule has 0 aromatic carbocycles. The van der Waals surface area contributed by atoms with Crippen molar-refractivity contribution < 1.29 is 9.59 Å². The number of carbonyl (C=O) groups excluding carboxylic acids is 2. The molecule has 0 spiro atoms. The van der Waals surface area contributed by atoms with Crippen LogP contribution in [0.1, 0.15) is 6.42 Å². The zero-order chi connectivity index (χ0) is 10.1. The number of amides is 1. The maximum Gasteiger partial charge on any atom is 0.236 e. The van der Waals surface area contributed by atoms with Gasteiger partial charge in [0.05, 0.1) is 13.0 Å². The average Bonchev–Trinajstić information content (AvgIpc) is 2.71. The van der Waals surface area contributed by atoms with E-state index >= 15 is 0 Å². The fourth-order valence-corrected chi connectivity index (χ4v) is 2.39. The van der Waals surface area contributed by atoms with Crippen LogP contribution in [0.3, 0.4) is 0 Å². The van der Waals surface area contributed by atoms with Gasteiger partial charge in [-0.05, 0) is 6.26 Å². The first-order valence-corrected chi connectivity index (χ1v) is 5.90. The van der Waals surface area contributed by atoms with E-state index in [-0.39, 0.29) is 24.7 Å². The number of thioether (sulfide) groups is 1. The Morgan fingerprint density at radius 2 is 2.29 bits per heavy atom. The summed E-state index contributed by atoms with van der Waals surface area (Å²) in [4.78, 5) is 27.8. The van der Waals surface area contributed by atoms with E-state index in [4.69, 9.17) is 0 Å². The molecule has 1 amide bonds. The third kappa shape index (κ3) is 1.64. The Kier molecular flexibility index (Phi) is 2.51. The van der Waals surface area contributed by atoms with Crippen molar-refractivity contribution in [1.82, 2.24) is 9.36 Å². The predicted molar refractivity (Wildman–Crippen MR) is 53.7 cm³/mol. The molecule has 0 saturated carbocycles. The molecule has 0 atom stereocenters. The summed E-state index contributed by atoms with van der Waals surface area (Å²) in [5.74, 6) is -0.241. The normalized spacial score (nSPS) is 16.8. The summed E-state index contributed by atoms with van der Waals surface area (Å²) in [5, 5.41) is 1.15. The number of nitrogens with zero attached hydrogens (tertiary/aromatic N) is 3. The number of anilines is 1. The van der Waals surface area contributed by atoms with Gasteiger partial charge >= 0.3 is 0 Å². The first kappa shape index (κ1) is 9.60. The highest BCUT2D eigenvalue weighted by molar-refractivity contribution is 7.98. The van der Waals surface area contributed by atoms with Crippen LogP contribution in [-0.4, -0.2) is 33.8 Å². The number of hydrogen-bond acceptors (Lipinski definition) is 6. The van der Waals surface area contributed by atoms with Crippen LogP contribution in [0.25, 0.3) is 0 Å². The number of ketones is 1. The molecule has 0 aliphatic carbocycles. The van der Waals surface area contributed by atoms with Gasteiger partial charge in [0, 0.05) is 11.5 Å². The number of Topliss-reactive ketones (excluding diaryl/α,β-unsaturated/α-hetero) is 1. The van der Waals surface area contributed by atoms with Crippen molar-refractivity contribution in [3.05, 3.63) is 0 Å². The fraction of sp³-hybridized carbons (Fsp3) is 0.429. The van der Waals surface area contributed by atoms with E-state index in [1.54, 1.807) is 0 Å². The molecule has 0 bridgehead atoms. The van der Waals surface area contributed by atoms with Crippen molar-refractivity contribution in [3.63, 3.8) is 0 Å². The van der Waals surface area contributed by atoms with E-state index in [0.717, 1.165) is 11.5 Å². The molecule has 1 aliphatic heterocycles. The summed E-state index contributed by atoms with van der Waals surface area (Å²) >= 11 is 2.56. The summed E-state index contributed by atoms with van der Waals surface area (Å²) in [6.45, 7) is 0.141. The Morgan fingerprint density at radius 1 is 1.50 bits per heavy atom. The number of carbonyl (C=O) groups is 2. The first-order chi connectivity index (χ1) is 6.70. The summed E-state index contributed by atoms with van der Waals surface area (Å²) in [6.07, 6.45) is 1.86. The molecule has 1 aromatic heterocycles. The highest BCUT2D eigenvalue weighted by Crippen LogP contribution is 2.24. The lowest BCUT2D eigenvalue weighted by atomic mass is 10.3. The van der Waals surface area contributed by atoms with Gasteiger partial charge in [-0.2, -0.15) is 9.36 Å². The van der Waals surface area contributed by atoms with Crippen molar-refractivity contribution >= 4 is 40.1 Å². The molecular formula is C7H7N3O2S2. The molecule has 7 heteroatoms. The molecule has 1 aliphatic rings. The van der Waals surface area contributed by atoms with E-state index < -0.39 is 0 Å². The summed E-state index contributed by atoms with van der Waals surface area (Å²) in [6, 6.07) is 0. The minimum Gasteiger partial charge on any atom is -0.297 e. The van der Waals surface area contributed by atoms with Crippen LogP contribution >= 0.6 is 23.3 Å². The summed E-state index contributed by atoms with van der Waals surface area (Å²) in [5.41, 5.74) is 0. The lowest BCUT2D eigenvalue weighted by molar-refractivity contribution is -0.121. The van der Waals surface area contributed by atoms with Gasteiger partial charge in [0.25, 0.3) is 0 Å². The van der Waals surface area contributed by atoms with Crippen LogP contribution < -0.4 is 4.90 Å². The Labute approximate surface area is 88.7 Å². The van der Waals surface area contributed by atoms with Crippen LogP contribution in [0.15, 0.2) is 5.16 Å². The molecule has 1 saturated heterocycles. The maximum absolute atomic E-state index is 11.3. The van der Waals surface area contributed by atoms with Crippen LogP contribution in [-0.2, 0) is 9.59 Å². The molecule has 14 heavy (non-hydrogen) atoms. The molecule has 74 valence electrons. The van der Waals surface area contributed by atoms with Gasteiger partial charge < -0.3 is 0 Å². The molecule has 0 N–H and O–H groups in total. The second-order valence-corrected chi connectivity index (χ2v) is 4.26. The molecule has 2 rings (SSSR count). The van der Waals surface area contributed by atoms with Gasteiger partial charge in [-0.25, -0.2) is 0 Å². The van der Waals surface area contributed by atoms with E-state index in [1.807, 2.05) is 6.26 Å². The number of rotatable bonds is 2. The Morgan fingerprint density at radius 3 is 2.79 bits per heavy atom. The smallest absolute Gasteiger partial charge is 0.236 e. The standard InChI is InChI=1S/C7H7N3O2S2/c1-13-6-8-7(14-9-6)10-3-4(11)2-5(10)12/h2-3H2,1H3. The van der Waals surface area contributed by atoms with E-state index in [0.29, 0.717) is 10.3 Å². The minimum atomic E-state index is -0.182. The number of aromatic nitrogens is 2. The van der Waals surface area contributed by atoms with Gasteiger partial charge in [0.1, 0.15) is 0 Å². The van der Waals surface area contributed by atoms with E-state index in [9.17, 15) is 9.59 Å². The monoisotopic (exact) mass is 229 g/mol. The first-order valence-electron chi connectivity index (χ1n) is 3.90. The lowest BCUT2D eigenvalue weighted by Crippen LogP contribution is -2.24. The quantitative estimate of drug-likeness (QED) is 0.548. The summed E-state index contributed by atoms with van der Waals surface area (Å²) in [7, 11) is 0. The van der Waals surface area contributed by atoms with E-state index in [2.05, 4.69) is 9.36 Å². The topological polar surface area (TPSA) is 63.2 Å². The maximum atomic E-state index is 11.3. The van der Waals surface area contributed by atoms with Crippen LogP contribution in [0.5, 0.6) is 0 Å². The molecule has 0 radical (unpaired) electrons. The minimum absolute atomic E-state index is 0.00577. The van der Waals surface area contributed by atoms with Crippen LogP contribution in [0.2, 0.25) is 0 Å². The SMILES string of the molecule is CSc1nsc(N2CC(=O)CC2=O)n1. The molecule has 1 fully saturated rings. The third-order valence-electron chi connectivity index (χ3n) is 1.79. The largest absolute Gasteiger partial charge is 0.297 e. The third-order valence-corrected chi connectivity index (χ3v) is 3.20. The second-order valence-electron chi connectivity index (χ2n) is 2.76. The second kappa shape index (κ2) is 3.66. The molecule has 0 unspecified atom stereocenters. The molecule has 2 heterocycles. The van der Waals surface area contributed by atoms with Crippen molar-refractivity contribution in [1.29, 1.82) is 0 Å². The highest BCUT2D eigenvalue weighted by atomic mass is 32.2. The van der Waals surface area contributed by atoms with Gasteiger partial charge in [0.15, 0.2) is 5.78 Å². The number of hydrogen-bond donors (Lipinski definition) is 0. The van der Waals surface area contributed by atoms with E-state index in [1.165, 1.54) is 16.7 Å². The van der Waals surface area contributed by atoms with Crippen LogP contribution in [0.4, 0.5) is 5.13 Å². The van der Waals surface area contributed by atoms with Crippen molar-refractivity contribution in [2.45, 2.75) is 11.6 Å². The highest BCUT2D eigenvalue weighted by Gasteiger charge is 2.30. The Hall–Kier alpha value is -0.950. The van der Waals surface area contributed by atoms with Gasteiger partial charge in [-0.3, -0.25) is 14.5 Å². The molecule has 5 nitrogen and oxygen atoms in total. The van der Waals surface area contributed by atoms with Crippen LogP contribution in [0, 0.1) is 0 Å². The van der Waals surface area contributed by atoms with Crippen molar-refractivity contribution in [2.75, 3.05) is 17.7 Å². The van der Waals surface area contributed by atoms with Crippen molar-refractivity contribution in [3.8, 4) is 0 Å². The van der Waals surface area contributed by atoms with Gasteiger partial charge in [-0.15, -0.1) is 0 Å². The predicted octanol–water partition coefficient (Wildman–Crippen LogP) is 0.566. The molecular weight excluding hydrogens is 222 g/mol. The molecule has 1 aromatic rings. The van der Waals surface area contributed by atoms with Gasteiger partial charge in [-0.1, -0.05) is 11.8 Å². The Balaban J connectivity index is 2.22. The van der Waals surface area contributed by atoms with Crippen molar-refractivity contribution in [2.24, 2.45) is 0 Å². The van der Waals surface area contributed by atoms with Gasteiger partial charge in [0.2, 0.25) is 16.2 Å². The fourth-order valence-electron chi connectivity index (χ4n) is 1.15.